The van der Waals surface area contributed by atoms with Crippen molar-refractivity contribution in [3.8, 4) is 0 Å². The van der Waals surface area contributed by atoms with E-state index in [0.29, 0.717) is 0 Å². The normalized spacial score (nSPS) is 22.1. The summed E-state index contributed by atoms with van der Waals surface area (Å²) in [4.78, 5) is 33.6. The molecular weight excluding hydrogens is 385 g/mol. The summed E-state index contributed by atoms with van der Waals surface area (Å²) in [6.07, 6.45) is 8.07. The molecular formula is C19H34NO7P. The number of rotatable bonds is 9. The van der Waals surface area contributed by atoms with Crippen LogP contribution < -0.4 is 5.32 Å². The summed E-state index contributed by atoms with van der Waals surface area (Å²) in [7, 11) is -3.33. The van der Waals surface area contributed by atoms with E-state index in [-0.39, 0.29) is 36.5 Å². The highest BCUT2D eigenvalue weighted by atomic mass is 31.2. The van der Waals surface area contributed by atoms with Crippen LogP contribution in [0.1, 0.15) is 70.6 Å². The molecule has 2 atom stereocenters. The summed E-state index contributed by atoms with van der Waals surface area (Å²) >= 11 is 0. The maximum atomic E-state index is 12.3. The maximum absolute atomic E-state index is 12.3. The minimum Gasteiger partial charge on any atom is -0.428 e. The number of carbonyl (C=O) groups is 2. The summed E-state index contributed by atoms with van der Waals surface area (Å²) < 4.78 is 22.0. The second kappa shape index (κ2) is 11.8. The van der Waals surface area contributed by atoms with Gasteiger partial charge in [-0.3, -0.25) is 14.7 Å². The van der Waals surface area contributed by atoms with Crippen LogP contribution in [-0.4, -0.2) is 47.4 Å². The van der Waals surface area contributed by atoms with Crippen molar-refractivity contribution in [3.05, 3.63) is 0 Å². The number of alkyl carbamates (subject to hydrolysis) is 1. The van der Waals surface area contributed by atoms with Gasteiger partial charge in [0.2, 0.25) is 14.2 Å². The molecule has 0 bridgehead atoms. The number of amides is 1. The molecule has 2 aliphatic carbocycles. The molecule has 0 saturated heterocycles. The van der Waals surface area contributed by atoms with Crippen LogP contribution >= 0.6 is 7.37 Å². The zero-order chi connectivity index (χ0) is 20.4. The smallest absolute Gasteiger partial charge is 0.412 e. The highest BCUT2D eigenvalue weighted by molar-refractivity contribution is 7.58. The second-order valence-electron chi connectivity index (χ2n) is 8.05. The highest BCUT2D eigenvalue weighted by Crippen LogP contribution is 2.46. The molecule has 0 heterocycles. The van der Waals surface area contributed by atoms with Crippen molar-refractivity contribution < 1.29 is 33.6 Å². The number of ether oxygens (including phenoxy) is 2. The van der Waals surface area contributed by atoms with E-state index in [1.54, 1.807) is 0 Å². The average Bonchev–Trinajstić information content (AvgIpc) is 2.67. The number of carbonyl (C=O) groups excluding carboxylic acids is 2. The molecule has 9 heteroatoms. The van der Waals surface area contributed by atoms with Gasteiger partial charge in [0, 0.05) is 18.7 Å². The molecule has 0 radical (unpaired) electrons. The Balaban J connectivity index is 1.58. The molecule has 2 rings (SSSR count). The predicted molar refractivity (Wildman–Crippen MR) is 104 cm³/mol. The molecule has 2 aliphatic rings. The highest BCUT2D eigenvalue weighted by Gasteiger charge is 2.27. The summed E-state index contributed by atoms with van der Waals surface area (Å²) in [6.45, 7) is -0.506. The van der Waals surface area contributed by atoms with Crippen molar-refractivity contribution in [2.45, 2.75) is 76.9 Å². The molecule has 162 valence electrons. The van der Waals surface area contributed by atoms with Crippen LogP contribution in [0, 0.1) is 11.8 Å². The first-order valence-electron chi connectivity index (χ1n) is 10.4. The van der Waals surface area contributed by atoms with E-state index in [1.165, 1.54) is 6.42 Å². The molecule has 0 aromatic rings. The lowest BCUT2D eigenvalue weighted by Gasteiger charge is -2.24. The lowest BCUT2D eigenvalue weighted by Crippen LogP contribution is -2.36. The van der Waals surface area contributed by atoms with Gasteiger partial charge in [-0.2, -0.15) is 0 Å². The van der Waals surface area contributed by atoms with Crippen molar-refractivity contribution >= 4 is 19.4 Å². The Kier molecular flexibility index (Phi) is 9.75. The van der Waals surface area contributed by atoms with Crippen LogP contribution in [0.25, 0.3) is 0 Å². The molecule has 0 aromatic heterocycles. The van der Waals surface area contributed by atoms with Crippen LogP contribution in [0.5, 0.6) is 0 Å². The SMILES string of the molecule is O=C(NC(O)CCP(=O)(O)CC1CCCCC1)OCOC(=O)C1CCCCC1. The third-order valence-electron chi connectivity index (χ3n) is 5.63. The van der Waals surface area contributed by atoms with Crippen molar-refractivity contribution in [1.82, 2.24) is 5.32 Å². The molecule has 2 saturated carbocycles. The van der Waals surface area contributed by atoms with Crippen LogP contribution in [0.2, 0.25) is 0 Å². The molecule has 1 amide bonds. The van der Waals surface area contributed by atoms with E-state index in [4.69, 9.17) is 9.47 Å². The van der Waals surface area contributed by atoms with E-state index in [1.807, 2.05) is 0 Å². The lowest BCUT2D eigenvalue weighted by molar-refractivity contribution is -0.158. The first-order valence-corrected chi connectivity index (χ1v) is 12.5. The van der Waals surface area contributed by atoms with Crippen LogP contribution in [-0.2, 0) is 18.8 Å². The molecule has 3 N–H and O–H groups in total. The van der Waals surface area contributed by atoms with Gasteiger partial charge in [0.15, 0.2) is 0 Å². The van der Waals surface area contributed by atoms with Crippen molar-refractivity contribution in [2.24, 2.45) is 11.8 Å². The third-order valence-corrected chi connectivity index (χ3v) is 7.68. The fourth-order valence-corrected chi connectivity index (χ4v) is 6.04. The van der Waals surface area contributed by atoms with Gasteiger partial charge in [0.25, 0.3) is 0 Å². The Labute approximate surface area is 166 Å². The topological polar surface area (TPSA) is 122 Å². The molecule has 8 nitrogen and oxygen atoms in total. The lowest BCUT2D eigenvalue weighted by atomic mass is 9.89. The molecule has 0 aromatic carbocycles. The van der Waals surface area contributed by atoms with Gasteiger partial charge < -0.3 is 19.5 Å². The van der Waals surface area contributed by atoms with Crippen LogP contribution in [0.15, 0.2) is 0 Å². The summed E-state index contributed by atoms with van der Waals surface area (Å²) in [5.74, 6) is -0.218. The van der Waals surface area contributed by atoms with Crippen molar-refractivity contribution in [3.63, 3.8) is 0 Å². The number of nitrogens with one attached hydrogen (secondary N) is 1. The maximum Gasteiger partial charge on any atom is 0.412 e. The van der Waals surface area contributed by atoms with Crippen molar-refractivity contribution in [2.75, 3.05) is 19.1 Å². The minimum atomic E-state index is -3.33. The number of aliphatic hydroxyl groups is 1. The molecule has 0 spiro atoms. The number of esters is 1. The van der Waals surface area contributed by atoms with Gasteiger partial charge >= 0.3 is 12.1 Å². The summed E-state index contributed by atoms with van der Waals surface area (Å²) in [6, 6.07) is 0. The number of aliphatic hydroxyl groups excluding tert-OH is 1. The Morgan fingerprint density at radius 1 is 1.00 bits per heavy atom. The van der Waals surface area contributed by atoms with Gasteiger partial charge in [-0.25, -0.2) is 4.79 Å². The minimum absolute atomic E-state index is 0.0303. The van der Waals surface area contributed by atoms with E-state index in [2.05, 4.69) is 5.32 Å². The quantitative estimate of drug-likeness (QED) is 0.298. The van der Waals surface area contributed by atoms with E-state index in [0.717, 1.165) is 57.8 Å². The first kappa shape index (κ1) is 23.2. The molecule has 28 heavy (non-hydrogen) atoms. The zero-order valence-electron chi connectivity index (χ0n) is 16.5. The molecule has 2 unspecified atom stereocenters. The summed E-state index contributed by atoms with van der Waals surface area (Å²) in [5.41, 5.74) is 0. The number of hydrogen-bond donors (Lipinski definition) is 3. The zero-order valence-corrected chi connectivity index (χ0v) is 17.4. The Morgan fingerprint density at radius 2 is 1.61 bits per heavy atom. The van der Waals surface area contributed by atoms with E-state index >= 15 is 0 Å². The van der Waals surface area contributed by atoms with E-state index < -0.39 is 26.5 Å². The second-order valence-corrected chi connectivity index (χ2v) is 10.6. The monoisotopic (exact) mass is 419 g/mol. The predicted octanol–water partition coefficient (Wildman–Crippen LogP) is 3.35. The molecule has 2 fully saturated rings. The first-order chi connectivity index (χ1) is 13.4. The largest absolute Gasteiger partial charge is 0.428 e. The van der Waals surface area contributed by atoms with Crippen LogP contribution in [0.3, 0.4) is 0 Å². The van der Waals surface area contributed by atoms with Gasteiger partial charge in [0.1, 0.15) is 6.23 Å². The third kappa shape index (κ3) is 8.93. The van der Waals surface area contributed by atoms with Gasteiger partial charge in [-0.15, -0.1) is 0 Å². The van der Waals surface area contributed by atoms with E-state index in [9.17, 15) is 24.2 Å². The average molecular weight is 419 g/mol. The Bertz CT molecular complexity index is 544. The fraction of sp³-hybridized carbons (Fsp3) is 0.895. The molecule has 0 aliphatic heterocycles. The number of hydrogen-bond acceptors (Lipinski definition) is 6. The van der Waals surface area contributed by atoms with Gasteiger partial charge in [0.05, 0.1) is 5.92 Å². The Hall–Kier alpha value is -1.11. The fourth-order valence-electron chi connectivity index (χ4n) is 4.04. The Morgan fingerprint density at radius 3 is 2.25 bits per heavy atom. The van der Waals surface area contributed by atoms with Gasteiger partial charge in [-0.05, 0) is 31.6 Å². The summed E-state index contributed by atoms with van der Waals surface area (Å²) in [5, 5.41) is 12.0. The van der Waals surface area contributed by atoms with Crippen molar-refractivity contribution in [1.29, 1.82) is 0 Å². The standard InChI is InChI=1S/C19H34NO7P/c21-17(11-12-28(24,25)13-15-7-3-1-4-8-15)20-19(23)27-14-26-18(22)16-9-5-2-6-10-16/h15-17,21H,1-14H2,(H,20,23)(H,24,25). The van der Waals surface area contributed by atoms with Crippen LogP contribution in [0.4, 0.5) is 4.79 Å². The van der Waals surface area contributed by atoms with Gasteiger partial charge in [-0.1, -0.05) is 38.5 Å².